The fraction of sp³-hybridized carbons (Fsp3) is 0.391. The van der Waals surface area contributed by atoms with Gasteiger partial charge in [-0.3, -0.25) is 9.48 Å². The number of aryl methyl sites for hydroxylation is 1. The van der Waals surface area contributed by atoms with Crippen LogP contribution in [0.1, 0.15) is 46.2 Å². The van der Waals surface area contributed by atoms with Crippen LogP contribution in [0.3, 0.4) is 0 Å². The van der Waals surface area contributed by atoms with Crippen LogP contribution in [0.5, 0.6) is 0 Å². The summed E-state index contributed by atoms with van der Waals surface area (Å²) in [5.41, 5.74) is 5.17. The number of hydrogen-bond donors (Lipinski definition) is 1. The molecule has 1 atom stereocenters. The van der Waals surface area contributed by atoms with E-state index in [2.05, 4.69) is 41.6 Å². The van der Waals surface area contributed by atoms with Crippen molar-refractivity contribution in [1.29, 1.82) is 0 Å². The number of hydrogen-bond acceptors (Lipinski definition) is 4. The van der Waals surface area contributed by atoms with E-state index in [0.29, 0.717) is 18.3 Å². The molecule has 1 aromatic carbocycles. The number of rotatable bonds is 7. The number of nitrogens with one attached hydrogen (secondary N) is 1. The fourth-order valence-corrected chi connectivity index (χ4v) is 4.06. The Kier molecular flexibility index (Phi) is 5.81. The zero-order chi connectivity index (χ0) is 20.2. The predicted molar refractivity (Wildman–Crippen MR) is 112 cm³/mol. The third-order valence-corrected chi connectivity index (χ3v) is 5.63. The molecule has 0 saturated heterocycles. The normalized spacial score (nSPS) is 15.9. The molecular formula is C23H28N4O2. The molecular weight excluding hydrogens is 364 g/mol. The Morgan fingerprint density at radius 1 is 1.28 bits per heavy atom. The molecule has 0 spiro atoms. The summed E-state index contributed by atoms with van der Waals surface area (Å²) >= 11 is 0. The Morgan fingerprint density at radius 2 is 2.10 bits per heavy atom. The molecule has 152 valence electrons. The molecule has 1 aliphatic carbocycles. The lowest BCUT2D eigenvalue weighted by atomic mass is 9.91. The van der Waals surface area contributed by atoms with Crippen molar-refractivity contribution in [3.8, 4) is 0 Å². The second-order valence-electron chi connectivity index (χ2n) is 7.69. The molecule has 0 fully saturated rings. The Balaban J connectivity index is 1.49. The molecule has 1 aliphatic rings. The van der Waals surface area contributed by atoms with Crippen molar-refractivity contribution in [3.63, 3.8) is 0 Å². The Bertz CT molecular complexity index is 947. The molecule has 29 heavy (non-hydrogen) atoms. The summed E-state index contributed by atoms with van der Waals surface area (Å²) in [6, 6.07) is 12.7. The van der Waals surface area contributed by atoms with Crippen LogP contribution in [0.2, 0.25) is 0 Å². The summed E-state index contributed by atoms with van der Waals surface area (Å²) < 4.78 is 7.13. The molecule has 3 aromatic rings. The number of carbonyl (C=O) groups is 1. The van der Waals surface area contributed by atoms with E-state index in [1.165, 1.54) is 11.3 Å². The van der Waals surface area contributed by atoms with E-state index in [9.17, 15) is 4.79 Å². The van der Waals surface area contributed by atoms with Gasteiger partial charge in [-0.2, -0.15) is 5.10 Å². The van der Waals surface area contributed by atoms with E-state index in [-0.39, 0.29) is 5.91 Å². The van der Waals surface area contributed by atoms with Crippen molar-refractivity contribution in [2.45, 2.75) is 51.9 Å². The average molecular weight is 393 g/mol. The van der Waals surface area contributed by atoms with Gasteiger partial charge < -0.3 is 14.6 Å². The zero-order valence-electron chi connectivity index (χ0n) is 17.1. The molecule has 0 saturated carbocycles. The van der Waals surface area contributed by atoms with Gasteiger partial charge in [-0.05, 0) is 37.8 Å². The standard InChI is InChI=1S/C23H28N4O2/c1-3-27-21-10-9-19(24-14-17-7-5-4-6-8-17)13-20(21)22(25-27)23(28)26(2)15-18-11-12-29-16-18/h4-8,11-12,16,19,24H,3,9-10,13-15H2,1-2H3. The minimum atomic E-state index is -0.0293. The number of nitrogens with zero attached hydrogens (tertiary/aromatic N) is 3. The molecule has 6 nitrogen and oxygen atoms in total. The van der Waals surface area contributed by atoms with Gasteiger partial charge in [0.05, 0.1) is 12.5 Å². The van der Waals surface area contributed by atoms with Gasteiger partial charge in [-0.1, -0.05) is 30.3 Å². The highest BCUT2D eigenvalue weighted by Crippen LogP contribution is 2.26. The lowest BCUT2D eigenvalue weighted by molar-refractivity contribution is 0.0777. The smallest absolute Gasteiger partial charge is 0.274 e. The number of benzene rings is 1. The maximum Gasteiger partial charge on any atom is 0.274 e. The SMILES string of the molecule is CCn1nc(C(=O)N(C)Cc2ccoc2)c2c1CCC(NCc1ccccc1)C2. The van der Waals surface area contributed by atoms with Crippen molar-refractivity contribution >= 4 is 5.91 Å². The first-order chi connectivity index (χ1) is 14.2. The molecule has 0 radical (unpaired) electrons. The number of fused-ring (bicyclic) bond motifs is 1. The summed E-state index contributed by atoms with van der Waals surface area (Å²) in [5, 5.41) is 8.35. The topological polar surface area (TPSA) is 63.3 Å². The fourth-order valence-electron chi connectivity index (χ4n) is 4.06. The second kappa shape index (κ2) is 8.66. The highest BCUT2D eigenvalue weighted by Gasteiger charge is 2.30. The van der Waals surface area contributed by atoms with Crippen LogP contribution in [0, 0.1) is 0 Å². The summed E-state index contributed by atoms with van der Waals surface area (Å²) in [6.07, 6.45) is 6.14. The molecule has 1 amide bonds. The van der Waals surface area contributed by atoms with Gasteiger partial charge in [0.25, 0.3) is 5.91 Å². The molecule has 4 rings (SSSR count). The van der Waals surface area contributed by atoms with Gasteiger partial charge in [0, 0.05) is 49.5 Å². The van der Waals surface area contributed by atoms with Crippen LogP contribution in [-0.4, -0.2) is 33.7 Å². The van der Waals surface area contributed by atoms with E-state index in [4.69, 9.17) is 4.42 Å². The number of carbonyl (C=O) groups excluding carboxylic acids is 1. The van der Waals surface area contributed by atoms with Crippen LogP contribution in [0.4, 0.5) is 0 Å². The first-order valence-corrected chi connectivity index (χ1v) is 10.3. The van der Waals surface area contributed by atoms with Gasteiger partial charge in [-0.25, -0.2) is 0 Å². The highest BCUT2D eigenvalue weighted by atomic mass is 16.3. The molecule has 1 unspecified atom stereocenters. The molecule has 0 aliphatic heterocycles. The lowest BCUT2D eigenvalue weighted by Gasteiger charge is -2.25. The van der Waals surface area contributed by atoms with Gasteiger partial charge in [0.1, 0.15) is 0 Å². The number of furan rings is 1. The van der Waals surface area contributed by atoms with Crippen molar-refractivity contribution in [1.82, 2.24) is 20.0 Å². The summed E-state index contributed by atoms with van der Waals surface area (Å²) in [4.78, 5) is 14.9. The molecule has 1 N–H and O–H groups in total. The monoisotopic (exact) mass is 392 g/mol. The molecule has 2 aromatic heterocycles. The minimum Gasteiger partial charge on any atom is -0.472 e. The van der Waals surface area contributed by atoms with Gasteiger partial charge in [0.2, 0.25) is 0 Å². The van der Waals surface area contributed by atoms with Crippen molar-refractivity contribution in [2.24, 2.45) is 0 Å². The highest BCUT2D eigenvalue weighted by molar-refractivity contribution is 5.94. The summed E-state index contributed by atoms with van der Waals surface area (Å²) in [5.74, 6) is -0.0293. The van der Waals surface area contributed by atoms with Crippen molar-refractivity contribution in [3.05, 3.63) is 77.0 Å². The Labute approximate surface area is 171 Å². The van der Waals surface area contributed by atoms with Gasteiger partial charge in [-0.15, -0.1) is 0 Å². The number of aromatic nitrogens is 2. The van der Waals surface area contributed by atoms with Crippen molar-refractivity contribution < 1.29 is 9.21 Å². The van der Waals surface area contributed by atoms with Gasteiger partial charge >= 0.3 is 0 Å². The van der Waals surface area contributed by atoms with Crippen molar-refractivity contribution in [2.75, 3.05) is 7.05 Å². The maximum atomic E-state index is 13.2. The number of amides is 1. The largest absolute Gasteiger partial charge is 0.472 e. The third kappa shape index (κ3) is 4.27. The predicted octanol–water partition coefficient (Wildman–Crippen LogP) is 3.42. The van der Waals surface area contributed by atoms with Crippen LogP contribution >= 0.6 is 0 Å². The van der Waals surface area contributed by atoms with Crippen LogP contribution in [-0.2, 0) is 32.5 Å². The van der Waals surface area contributed by atoms with Gasteiger partial charge in [0.15, 0.2) is 5.69 Å². The second-order valence-corrected chi connectivity index (χ2v) is 7.69. The zero-order valence-corrected chi connectivity index (χ0v) is 17.1. The van der Waals surface area contributed by atoms with E-state index < -0.39 is 0 Å². The first-order valence-electron chi connectivity index (χ1n) is 10.3. The minimum absolute atomic E-state index is 0.0293. The quantitative estimate of drug-likeness (QED) is 0.669. The lowest BCUT2D eigenvalue weighted by Crippen LogP contribution is -2.35. The third-order valence-electron chi connectivity index (χ3n) is 5.63. The average Bonchev–Trinajstić information content (AvgIpc) is 3.39. The maximum absolute atomic E-state index is 13.2. The van der Waals surface area contributed by atoms with Crippen LogP contribution in [0.15, 0.2) is 53.3 Å². The Morgan fingerprint density at radius 3 is 2.83 bits per heavy atom. The molecule has 2 heterocycles. The first kappa shape index (κ1) is 19.5. The Hall–Kier alpha value is -2.86. The van der Waals surface area contributed by atoms with E-state index in [1.807, 2.05) is 23.9 Å². The van der Waals surface area contributed by atoms with E-state index >= 15 is 0 Å². The van der Waals surface area contributed by atoms with Crippen LogP contribution in [0.25, 0.3) is 0 Å². The summed E-state index contributed by atoms with van der Waals surface area (Å²) in [6.45, 7) is 4.21. The molecule has 0 bridgehead atoms. The summed E-state index contributed by atoms with van der Waals surface area (Å²) in [7, 11) is 1.82. The molecule has 6 heteroatoms. The van der Waals surface area contributed by atoms with E-state index in [0.717, 1.165) is 43.5 Å². The van der Waals surface area contributed by atoms with E-state index in [1.54, 1.807) is 17.4 Å². The van der Waals surface area contributed by atoms with Crippen LogP contribution < -0.4 is 5.32 Å².